The van der Waals surface area contributed by atoms with Crippen molar-refractivity contribution in [1.82, 2.24) is 4.90 Å². The van der Waals surface area contributed by atoms with E-state index in [0.29, 0.717) is 64.9 Å². The van der Waals surface area contributed by atoms with Gasteiger partial charge in [0.1, 0.15) is 31.9 Å². The third-order valence-corrected chi connectivity index (χ3v) is 16.2. The summed E-state index contributed by atoms with van der Waals surface area (Å²) in [6.45, 7) is 24.0. The van der Waals surface area contributed by atoms with Crippen LogP contribution in [-0.2, 0) is 58.2 Å². The first-order valence-electron chi connectivity index (χ1n) is 25.1. The normalized spacial score (nSPS) is 12.0. The van der Waals surface area contributed by atoms with E-state index in [0.717, 1.165) is 71.0 Å². The van der Waals surface area contributed by atoms with Gasteiger partial charge in [-0.05, 0) is 95.0 Å². The van der Waals surface area contributed by atoms with E-state index in [9.17, 15) is 57.3 Å². The lowest BCUT2D eigenvalue weighted by molar-refractivity contribution is -0.894. The number of nitrogens with one attached hydrogen (secondary N) is 1. The van der Waals surface area contributed by atoms with Crippen LogP contribution in [-0.4, -0.2) is 169 Å². The van der Waals surface area contributed by atoms with Gasteiger partial charge in [0.2, 0.25) is 0 Å². The predicted molar refractivity (Wildman–Crippen MR) is 277 cm³/mol. The van der Waals surface area contributed by atoms with Crippen molar-refractivity contribution in [3.8, 4) is 11.5 Å². The highest BCUT2D eigenvalue weighted by Gasteiger charge is 2.45. The Morgan fingerprint density at radius 1 is 0.592 bits per heavy atom. The van der Waals surface area contributed by atoms with Crippen LogP contribution in [0.5, 0.6) is 11.5 Å². The molecule has 0 aliphatic carbocycles. The average molecular weight is 1160 g/mol. The first-order valence-corrected chi connectivity index (χ1v) is 29.5. The van der Waals surface area contributed by atoms with Crippen LogP contribution in [0, 0.1) is 13.8 Å². The molecule has 1 N–H and O–H groups in total. The zero-order valence-electron chi connectivity index (χ0n) is 46.0. The standard InChI is InChI=1S/C27H38N2O6S2.C12H27NO6.C6H15N.C4H5F5O3S/c1-5-7-9-11-17-34-23-13-15-25(21(3)19-23)36(30,31)27(29-28)37(32,33)26-16-14-24(20-22(26)4)35-18-12-10-8-6-2;1-14-10-17-7-4-13(5-8-18-11-15-2)6-9-19-12-16-3;1-4-7(5-2)6-3;5-3(6,7)1-2-4(8,9)13(10,11)12/h13-16,19-20H,5-12,17-18H2,1-4H3;4-12H2,1-3H3;4-6H2,1-3H3;1-2H2,(H,10,11,12). The van der Waals surface area contributed by atoms with Crippen LogP contribution in [0.2, 0.25) is 0 Å². The number of unbranched alkanes of at least 4 members (excludes halogenated alkanes) is 6. The Balaban J connectivity index is 0. The van der Waals surface area contributed by atoms with Gasteiger partial charge in [-0.1, -0.05) is 52.4 Å². The highest BCUT2D eigenvalue weighted by Crippen LogP contribution is 2.32. The van der Waals surface area contributed by atoms with Crippen molar-refractivity contribution in [1.29, 1.82) is 0 Å². The molecule has 0 atom stereocenters. The van der Waals surface area contributed by atoms with Gasteiger partial charge in [0.15, 0.2) is 10.1 Å². The monoisotopic (exact) mass is 1160 g/mol. The Hall–Kier alpha value is -3.44. The van der Waals surface area contributed by atoms with Gasteiger partial charge in [-0.15, -0.1) is 4.79 Å². The Labute approximate surface area is 449 Å². The Kier molecular flexibility index (Phi) is 40.8. The second-order valence-corrected chi connectivity index (χ2v) is 22.3. The van der Waals surface area contributed by atoms with Crippen molar-refractivity contribution < 1.29 is 99.3 Å². The van der Waals surface area contributed by atoms with Crippen molar-refractivity contribution in [3.05, 3.63) is 53.1 Å². The number of benzene rings is 2. The van der Waals surface area contributed by atoms with Crippen LogP contribution in [0.25, 0.3) is 5.53 Å². The molecule has 0 amide bonds. The predicted octanol–water partition coefficient (Wildman–Crippen LogP) is 7.60. The lowest BCUT2D eigenvalue weighted by Crippen LogP contribution is -3.11. The molecular formula is C49H85F5N4O15S3. The number of hydrogen-bond acceptors (Lipinski definition) is 16. The van der Waals surface area contributed by atoms with E-state index in [-0.39, 0.29) is 20.9 Å². The van der Waals surface area contributed by atoms with Gasteiger partial charge >= 0.3 is 15.8 Å². The van der Waals surface area contributed by atoms with E-state index >= 15 is 0 Å². The first-order chi connectivity index (χ1) is 35.7. The molecule has 2 aromatic carbocycles. The number of halogens is 5. The third-order valence-electron chi connectivity index (χ3n) is 10.8. The van der Waals surface area contributed by atoms with Gasteiger partial charge < -0.3 is 52.9 Å². The molecule has 0 saturated carbocycles. The van der Waals surface area contributed by atoms with Gasteiger partial charge in [-0.25, -0.2) is 25.3 Å². The molecule has 27 heteroatoms. The molecule has 0 fully saturated rings. The summed E-state index contributed by atoms with van der Waals surface area (Å²) < 4.78 is 181. The average Bonchev–Trinajstić information content (AvgIpc) is 3.35. The van der Waals surface area contributed by atoms with Crippen LogP contribution in [0.3, 0.4) is 0 Å². The summed E-state index contributed by atoms with van der Waals surface area (Å²) in [5.41, 5.74) is 10.1. The number of hydrogen-bond donors (Lipinski definition) is 1. The molecule has 0 aromatic heterocycles. The molecule has 0 aliphatic heterocycles. The lowest BCUT2D eigenvalue weighted by atomic mass is 10.2. The molecule has 0 saturated heterocycles. The molecule has 444 valence electrons. The van der Waals surface area contributed by atoms with Crippen LogP contribution in [0.1, 0.15) is 110 Å². The highest BCUT2D eigenvalue weighted by atomic mass is 32.3. The van der Waals surface area contributed by atoms with Crippen LogP contribution < -0.4 is 14.4 Å². The number of methoxy groups -OCH3 is 3. The third kappa shape index (κ3) is 32.5. The summed E-state index contributed by atoms with van der Waals surface area (Å²) in [6, 6.07) is 8.56. The van der Waals surface area contributed by atoms with Crippen LogP contribution in [0.15, 0.2) is 46.2 Å². The zero-order valence-corrected chi connectivity index (χ0v) is 48.5. The second-order valence-electron chi connectivity index (χ2n) is 16.8. The number of sulfone groups is 2. The Morgan fingerprint density at radius 2 is 0.961 bits per heavy atom. The molecule has 76 heavy (non-hydrogen) atoms. The number of rotatable bonds is 35. The molecule has 19 nitrogen and oxygen atoms in total. The van der Waals surface area contributed by atoms with Gasteiger partial charge in [0, 0.05) is 47.4 Å². The second kappa shape index (κ2) is 41.6. The minimum absolute atomic E-state index is 0.271. The van der Waals surface area contributed by atoms with Crippen molar-refractivity contribution in [2.24, 2.45) is 0 Å². The summed E-state index contributed by atoms with van der Waals surface area (Å²) >= 11 is 0. The van der Waals surface area contributed by atoms with E-state index in [1.807, 2.05) is 0 Å². The fraction of sp³-hybridized carbons (Fsp3) is 0.735. The first kappa shape index (κ1) is 74.6. The van der Waals surface area contributed by atoms with Crippen LogP contribution >= 0.6 is 0 Å². The highest BCUT2D eigenvalue weighted by molar-refractivity contribution is 8.31. The van der Waals surface area contributed by atoms with Gasteiger partial charge in [0.05, 0.1) is 68.9 Å². The quantitative estimate of drug-likeness (QED) is 0.0102. The molecule has 0 heterocycles. The van der Waals surface area contributed by atoms with E-state index in [2.05, 4.69) is 44.3 Å². The van der Waals surface area contributed by atoms with Crippen molar-refractivity contribution in [2.75, 3.05) is 114 Å². The number of ether oxygens (including phenoxy) is 8. The smallest absolute Gasteiger partial charge is 0.504 e. The maximum atomic E-state index is 13.3. The molecule has 0 unspecified atom stereocenters. The molecule has 0 bridgehead atoms. The maximum absolute atomic E-state index is 13.3. The Morgan fingerprint density at radius 3 is 1.22 bits per heavy atom. The fourth-order valence-electron chi connectivity index (χ4n) is 6.41. The molecule has 2 aromatic rings. The molecular weight excluding hydrogens is 1080 g/mol. The number of aryl methyl sites for hydroxylation is 2. The number of alkyl halides is 5. The molecule has 0 radical (unpaired) electrons. The topological polar surface area (TPSA) is 243 Å². The summed E-state index contributed by atoms with van der Waals surface area (Å²) in [6.07, 6.45) is -0.652. The van der Waals surface area contributed by atoms with E-state index in [1.54, 1.807) is 26.2 Å². The summed E-state index contributed by atoms with van der Waals surface area (Å²) in [4.78, 5) is 6.08. The van der Waals surface area contributed by atoms with E-state index in [1.165, 1.54) is 69.9 Å². The summed E-state index contributed by atoms with van der Waals surface area (Å²) in [5.74, 6) is 0.971. The zero-order chi connectivity index (χ0) is 58.3. The van der Waals surface area contributed by atoms with Crippen molar-refractivity contribution in [2.45, 2.75) is 134 Å². The molecule has 2 rings (SSSR count). The van der Waals surface area contributed by atoms with Gasteiger partial charge in [0.25, 0.3) is 19.7 Å². The van der Waals surface area contributed by atoms with Gasteiger partial charge in [-0.2, -0.15) is 22.0 Å². The van der Waals surface area contributed by atoms with Gasteiger partial charge in [-0.3, -0.25) is 4.90 Å². The van der Waals surface area contributed by atoms with Crippen molar-refractivity contribution in [3.63, 3.8) is 0 Å². The summed E-state index contributed by atoms with van der Waals surface area (Å²) in [5, 5.41) is -4.86. The largest absolute Gasteiger partial charge is 0.743 e. The van der Waals surface area contributed by atoms with E-state index < -0.39 is 58.4 Å². The maximum Gasteiger partial charge on any atom is 0.504 e. The fourth-order valence-corrected chi connectivity index (χ4v) is 10.5. The molecule has 0 aliphatic rings. The minimum atomic E-state index is -6.01. The van der Waals surface area contributed by atoms with Crippen LogP contribution in [0.4, 0.5) is 22.0 Å². The summed E-state index contributed by atoms with van der Waals surface area (Å²) in [7, 11) is -10.5. The Bertz CT molecular complexity index is 2110. The molecule has 0 spiro atoms. The van der Waals surface area contributed by atoms with E-state index in [4.69, 9.17) is 37.9 Å². The number of nitrogens with zero attached hydrogens (tertiary/aromatic N) is 3. The lowest BCUT2D eigenvalue weighted by Gasteiger charge is -2.21. The van der Waals surface area contributed by atoms with Crippen molar-refractivity contribution >= 4 is 34.2 Å². The SMILES string of the molecule is CCCCCCOc1ccc(S(=O)(=O)C(=[N+]=[N-])S(=O)(=O)c2ccc(OCCCCCC)cc2C)c(C)c1.CC[NH+](CC)CC.COCOCCN(CCOCOC)CCOCOC.O=S(=O)([O-])C(F)(F)CCC(F)(F)F. The minimum Gasteiger partial charge on any atom is -0.743 e. The number of quaternary nitrogens is 1.